The average Bonchev–Trinajstić information content (AvgIpc) is 2.32. The van der Waals surface area contributed by atoms with Crippen LogP contribution in [0.2, 0.25) is 0 Å². The van der Waals surface area contributed by atoms with E-state index in [2.05, 4.69) is 5.32 Å². The van der Waals surface area contributed by atoms with Crippen LogP contribution in [0.3, 0.4) is 0 Å². The fourth-order valence-corrected chi connectivity index (χ4v) is 1.30. The molecule has 0 aliphatic heterocycles. The second-order valence-corrected chi connectivity index (χ2v) is 5.58. The molecule has 0 aliphatic carbocycles. The Morgan fingerprint density at radius 1 is 1.21 bits per heavy atom. The predicted molar refractivity (Wildman–Crippen MR) is 67.3 cm³/mol. The van der Waals surface area contributed by atoms with E-state index < -0.39 is 23.4 Å². The Hall–Kier alpha value is -1.52. The first kappa shape index (κ1) is 15.5. The molecule has 19 heavy (non-hydrogen) atoms. The summed E-state index contributed by atoms with van der Waals surface area (Å²) in [4.78, 5) is 11.8. The Labute approximate surface area is 111 Å². The van der Waals surface area contributed by atoms with Gasteiger partial charge in [0.05, 0.1) is 0 Å². The highest BCUT2D eigenvalue weighted by molar-refractivity contribution is 5.94. The summed E-state index contributed by atoms with van der Waals surface area (Å²) in [6.45, 7) is 8.35. The molecule has 2 nitrogen and oxygen atoms in total. The van der Waals surface area contributed by atoms with Gasteiger partial charge < -0.3 is 5.32 Å². The summed E-state index contributed by atoms with van der Waals surface area (Å²) in [7, 11) is 0. The third kappa shape index (κ3) is 3.72. The van der Waals surface area contributed by atoms with E-state index in [1.807, 2.05) is 27.7 Å². The number of hydrogen-bond acceptors (Lipinski definition) is 1. The number of rotatable bonds is 4. The van der Waals surface area contributed by atoms with Crippen molar-refractivity contribution < 1.29 is 18.0 Å². The van der Waals surface area contributed by atoms with Crippen molar-refractivity contribution in [3.8, 4) is 0 Å². The lowest BCUT2D eigenvalue weighted by Gasteiger charge is -2.29. The van der Waals surface area contributed by atoms with Crippen LogP contribution in [0.15, 0.2) is 12.1 Å². The fourth-order valence-electron chi connectivity index (χ4n) is 1.30. The number of benzene rings is 1. The molecule has 0 aromatic heterocycles. The Morgan fingerprint density at radius 3 is 2.11 bits per heavy atom. The maximum absolute atomic E-state index is 13.0. The molecule has 1 aromatic rings. The summed E-state index contributed by atoms with van der Waals surface area (Å²) >= 11 is 0. The molecular weight excluding hydrogens is 255 g/mol. The van der Waals surface area contributed by atoms with Gasteiger partial charge in [0.2, 0.25) is 0 Å². The maximum atomic E-state index is 13.0. The van der Waals surface area contributed by atoms with Crippen LogP contribution in [0.4, 0.5) is 13.2 Å². The van der Waals surface area contributed by atoms with Gasteiger partial charge in [-0.25, -0.2) is 13.2 Å². The Kier molecular flexibility index (Phi) is 4.61. The van der Waals surface area contributed by atoms with E-state index in [4.69, 9.17) is 0 Å². The molecule has 0 saturated carbocycles. The van der Waals surface area contributed by atoms with Crippen molar-refractivity contribution in [2.45, 2.75) is 27.7 Å². The smallest absolute Gasteiger partial charge is 0.251 e. The molecule has 106 valence electrons. The topological polar surface area (TPSA) is 29.1 Å². The van der Waals surface area contributed by atoms with Gasteiger partial charge in [0.1, 0.15) is 0 Å². The largest absolute Gasteiger partial charge is 0.351 e. The van der Waals surface area contributed by atoms with Gasteiger partial charge >= 0.3 is 0 Å². The number of amides is 1. The van der Waals surface area contributed by atoms with E-state index >= 15 is 0 Å². The minimum Gasteiger partial charge on any atom is -0.351 e. The lowest BCUT2D eigenvalue weighted by molar-refractivity contribution is 0.0923. The summed E-state index contributed by atoms with van der Waals surface area (Å²) in [6, 6.07) is 1.38. The fraction of sp³-hybridized carbons (Fsp3) is 0.500. The van der Waals surface area contributed by atoms with Crippen LogP contribution >= 0.6 is 0 Å². The molecular formula is C14H18F3NO. The Balaban J connectivity index is 2.80. The van der Waals surface area contributed by atoms with E-state index in [0.29, 0.717) is 24.6 Å². The summed E-state index contributed by atoms with van der Waals surface area (Å²) in [5.74, 6) is -4.60. The summed E-state index contributed by atoms with van der Waals surface area (Å²) in [6.07, 6.45) is 0. The molecule has 1 amide bonds. The molecule has 0 atom stereocenters. The van der Waals surface area contributed by atoms with Crippen LogP contribution in [-0.4, -0.2) is 12.5 Å². The number of halogens is 3. The second kappa shape index (κ2) is 5.63. The van der Waals surface area contributed by atoms with E-state index in [9.17, 15) is 18.0 Å². The van der Waals surface area contributed by atoms with Gasteiger partial charge in [0, 0.05) is 12.1 Å². The molecule has 0 unspecified atom stereocenters. The SMILES string of the molecule is CC(C)C(C)(C)CNC(=O)c1cc(F)c(F)c(F)c1. The first-order valence-corrected chi connectivity index (χ1v) is 6.08. The van der Waals surface area contributed by atoms with E-state index in [1.54, 1.807) is 0 Å². The van der Waals surface area contributed by atoms with Crippen LogP contribution in [-0.2, 0) is 0 Å². The lowest BCUT2D eigenvalue weighted by atomic mass is 9.81. The number of carbonyl (C=O) groups is 1. The molecule has 1 rings (SSSR count). The summed E-state index contributed by atoms with van der Waals surface area (Å²) in [5.41, 5.74) is -0.372. The van der Waals surface area contributed by atoms with Gasteiger partial charge in [-0.15, -0.1) is 0 Å². The van der Waals surface area contributed by atoms with Crippen molar-refractivity contribution in [3.05, 3.63) is 35.1 Å². The Bertz CT molecular complexity index is 461. The zero-order valence-corrected chi connectivity index (χ0v) is 11.5. The zero-order valence-electron chi connectivity index (χ0n) is 11.5. The molecule has 1 N–H and O–H groups in total. The minimum atomic E-state index is -1.57. The van der Waals surface area contributed by atoms with Crippen LogP contribution in [0, 0.1) is 28.8 Å². The van der Waals surface area contributed by atoms with E-state index in [0.717, 1.165) is 0 Å². The van der Waals surface area contributed by atoms with Gasteiger partial charge in [-0.2, -0.15) is 0 Å². The van der Waals surface area contributed by atoms with Gasteiger partial charge in [0.15, 0.2) is 17.5 Å². The highest BCUT2D eigenvalue weighted by atomic mass is 19.2. The van der Waals surface area contributed by atoms with Crippen molar-refractivity contribution in [1.82, 2.24) is 5.32 Å². The van der Waals surface area contributed by atoms with Gasteiger partial charge in [-0.3, -0.25) is 4.79 Å². The highest BCUT2D eigenvalue weighted by Gasteiger charge is 2.23. The van der Waals surface area contributed by atoms with Crippen LogP contribution in [0.25, 0.3) is 0 Å². The third-order valence-corrected chi connectivity index (χ3v) is 3.51. The maximum Gasteiger partial charge on any atom is 0.251 e. The van der Waals surface area contributed by atoms with Crippen LogP contribution in [0.1, 0.15) is 38.1 Å². The number of hydrogen-bond donors (Lipinski definition) is 1. The molecule has 1 aromatic carbocycles. The van der Waals surface area contributed by atoms with Crippen LogP contribution in [0.5, 0.6) is 0 Å². The zero-order chi connectivity index (χ0) is 14.8. The monoisotopic (exact) mass is 273 g/mol. The van der Waals surface area contributed by atoms with Gasteiger partial charge in [-0.1, -0.05) is 27.7 Å². The second-order valence-electron chi connectivity index (χ2n) is 5.58. The van der Waals surface area contributed by atoms with Crippen molar-refractivity contribution >= 4 is 5.91 Å². The molecule has 0 fully saturated rings. The standard InChI is InChI=1S/C14H18F3NO/c1-8(2)14(3,4)7-18-13(19)9-5-10(15)12(17)11(16)6-9/h5-6,8H,7H2,1-4H3,(H,18,19). The van der Waals surface area contributed by atoms with Gasteiger partial charge in [0.25, 0.3) is 5.91 Å². The van der Waals surface area contributed by atoms with Crippen molar-refractivity contribution in [3.63, 3.8) is 0 Å². The van der Waals surface area contributed by atoms with E-state index in [1.165, 1.54) is 0 Å². The highest BCUT2D eigenvalue weighted by Crippen LogP contribution is 2.24. The molecule has 0 heterocycles. The summed E-state index contributed by atoms with van der Waals surface area (Å²) < 4.78 is 38.8. The first-order chi connectivity index (χ1) is 8.65. The molecule has 0 bridgehead atoms. The van der Waals surface area contributed by atoms with Crippen molar-refractivity contribution in [2.24, 2.45) is 11.3 Å². The number of carbonyl (C=O) groups excluding carboxylic acids is 1. The quantitative estimate of drug-likeness (QED) is 0.836. The normalized spacial score (nSPS) is 11.8. The molecule has 0 spiro atoms. The molecule has 0 radical (unpaired) electrons. The predicted octanol–water partition coefficient (Wildman–Crippen LogP) is 3.52. The third-order valence-electron chi connectivity index (χ3n) is 3.51. The molecule has 5 heteroatoms. The molecule has 0 aliphatic rings. The number of nitrogens with one attached hydrogen (secondary N) is 1. The van der Waals surface area contributed by atoms with Crippen LogP contribution < -0.4 is 5.32 Å². The average molecular weight is 273 g/mol. The molecule has 0 saturated heterocycles. The Morgan fingerprint density at radius 2 is 1.68 bits per heavy atom. The van der Waals surface area contributed by atoms with Gasteiger partial charge in [-0.05, 0) is 23.5 Å². The van der Waals surface area contributed by atoms with Crippen molar-refractivity contribution in [1.29, 1.82) is 0 Å². The minimum absolute atomic E-state index is 0.146. The summed E-state index contributed by atoms with van der Waals surface area (Å²) in [5, 5.41) is 2.60. The van der Waals surface area contributed by atoms with Crippen molar-refractivity contribution in [2.75, 3.05) is 6.54 Å². The van der Waals surface area contributed by atoms with E-state index in [-0.39, 0.29) is 11.0 Å². The first-order valence-electron chi connectivity index (χ1n) is 6.08. The lowest BCUT2D eigenvalue weighted by Crippen LogP contribution is -2.37.